The SMILES string of the molecule is CCOC(=O)NCc1c(CN2CCCC2)c2cc(F)ccc2n1C1CCNCC1. The topological polar surface area (TPSA) is 58.5 Å². The van der Waals surface area contributed by atoms with Crippen molar-refractivity contribution in [3.8, 4) is 0 Å². The maximum atomic E-state index is 14.2. The summed E-state index contributed by atoms with van der Waals surface area (Å²) in [6, 6.07) is 5.44. The van der Waals surface area contributed by atoms with Gasteiger partial charge in [-0.3, -0.25) is 4.90 Å². The molecule has 7 heteroatoms. The number of amides is 1. The molecule has 2 aliphatic rings. The summed E-state index contributed by atoms with van der Waals surface area (Å²) in [5, 5.41) is 7.30. The number of fused-ring (bicyclic) bond motifs is 1. The minimum absolute atomic E-state index is 0.215. The molecule has 29 heavy (non-hydrogen) atoms. The van der Waals surface area contributed by atoms with Crippen molar-refractivity contribution < 1.29 is 13.9 Å². The minimum Gasteiger partial charge on any atom is -0.450 e. The number of ether oxygens (including phenoxy) is 1. The van der Waals surface area contributed by atoms with Crippen LogP contribution in [0.4, 0.5) is 9.18 Å². The molecule has 158 valence electrons. The molecule has 1 aromatic heterocycles. The molecule has 6 nitrogen and oxygen atoms in total. The van der Waals surface area contributed by atoms with Gasteiger partial charge < -0.3 is 19.9 Å². The molecular weight excluding hydrogens is 371 g/mol. The van der Waals surface area contributed by atoms with E-state index in [9.17, 15) is 9.18 Å². The lowest BCUT2D eigenvalue weighted by Crippen LogP contribution is -2.32. The molecule has 0 radical (unpaired) electrons. The van der Waals surface area contributed by atoms with Crippen molar-refractivity contribution in [2.75, 3.05) is 32.8 Å². The predicted molar refractivity (Wildman–Crippen MR) is 111 cm³/mol. The number of hydrogen-bond acceptors (Lipinski definition) is 4. The summed E-state index contributed by atoms with van der Waals surface area (Å²) >= 11 is 0. The van der Waals surface area contributed by atoms with Crippen LogP contribution in [0.1, 0.15) is 49.9 Å². The highest BCUT2D eigenvalue weighted by molar-refractivity contribution is 5.86. The van der Waals surface area contributed by atoms with Gasteiger partial charge in [0.25, 0.3) is 0 Å². The number of hydrogen-bond donors (Lipinski definition) is 2. The van der Waals surface area contributed by atoms with Crippen molar-refractivity contribution in [3.05, 3.63) is 35.3 Å². The third-order valence-electron chi connectivity index (χ3n) is 6.11. The number of alkyl carbamates (subject to hydrolysis) is 1. The lowest BCUT2D eigenvalue weighted by atomic mass is 10.1. The van der Waals surface area contributed by atoms with Crippen LogP contribution in [-0.4, -0.2) is 48.3 Å². The van der Waals surface area contributed by atoms with E-state index in [2.05, 4.69) is 20.1 Å². The van der Waals surface area contributed by atoms with Gasteiger partial charge in [0.2, 0.25) is 0 Å². The summed E-state index contributed by atoms with van der Waals surface area (Å²) in [6.45, 7) is 7.40. The summed E-state index contributed by atoms with van der Waals surface area (Å²) in [6.07, 6.45) is 4.05. The fourth-order valence-corrected chi connectivity index (χ4v) is 4.76. The van der Waals surface area contributed by atoms with Crippen LogP contribution in [0.25, 0.3) is 10.9 Å². The zero-order valence-electron chi connectivity index (χ0n) is 17.2. The van der Waals surface area contributed by atoms with E-state index in [1.165, 1.54) is 12.8 Å². The van der Waals surface area contributed by atoms with E-state index in [-0.39, 0.29) is 5.82 Å². The zero-order valence-corrected chi connectivity index (χ0v) is 17.2. The molecule has 0 atom stereocenters. The number of aromatic nitrogens is 1. The third-order valence-corrected chi connectivity index (χ3v) is 6.11. The van der Waals surface area contributed by atoms with Crippen LogP contribution in [-0.2, 0) is 17.8 Å². The van der Waals surface area contributed by atoms with E-state index < -0.39 is 6.09 Å². The highest BCUT2D eigenvalue weighted by atomic mass is 19.1. The van der Waals surface area contributed by atoms with E-state index in [1.54, 1.807) is 19.1 Å². The first kappa shape index (κ1) is 20.2. The van der Waals surface area contributed by atoms with Gasteiger partial charge in [0, 0.05) is 29.2 Å². The molecule has 2 aliphatic heterocycles. The first-order chi connectivity index (χ1) is 14.2. The number of halogens is 1. The van der Waals surface area contributed by atoms with Crippen LogP contribution in [0.3, 0.4) is 0 Å². The quantitative estimate of drug-likeness (QED) is 0.776. The van der Waals surface area contributed by atoms with Crippen molar-refractivity contribution in [3.63, 3.8) is 0 Å². The van der Waals surface area contributed by atoms with Gasteiger partial charge >= 0.3 is 6.09 Å². The van der Waals surface area contributed by atoms with Crippen LogP contribution in [0.2, 0.25) is 0 Å². The highest BCUT2D eigenvalue weighted by Crippen LogP contribution is 2.34. The van der Waals surface area contributed by atoms with E-state index in [0.717, 1.165) is 67.7 Å². The van der Waals surface area contributed by atoms with Gasteiger partial charge in [-0.25, -0.2) is 9.18 Å². The monoisotopic (exact) mass is 402 g/mol. The van der Waals surface area contributed by atoms with E-state index in [1.807, 2.05) is 6.07 Å². The first-order valence-corrected chi connectivity index (χ1v) is 10.8. The lowest BCUT2D eigenvalue weighted by molar-refractivity contribution is 0.151. The molecular formula is C22H31FN4O2. The Morgan fingerprint density at radius 2 is 2.03 bits per heavy atom. The van der Waals surface area contributed by atoms with Gasteiger partial charge in [-0.2, -0.15) is 0 Å². The number of carbonyl (C=O) groups is 1. The molecule has 4 rings (SSSR count). The Hall–Kier alpha value is -2.12. The molecule has 0 spiro atoms. The summed E-state index contributed by atoms with van der Waals surface area (Å²) in [5.74, 6) is -0.215. The number of benzene rings is 1. The molecule has 1 amide bonds. The molecule has 2 N–H and O–H groups in total. The van der Waals surface area contributed by atoms with E-state index >= 15 is 0 Å². The maximum absolute atomic E-state index is 14.2. The zero-order chi connectivity index (χ0) is 20.2. The van der Waals surface area contributed by atoms with Crippen LogP contribution in [0, 0.1) is 5.82 Å². The van der Waals surface area contributed by atoms with Crippen LogP contribution in [0.15, 0.2) is 18.2 Å². The van der Waals surface area contributed by atoms with Crippen molar-refractivity contribution in [1.82, 2.24) is 20.1 Å². The van der Waals surface area contributed by atoms with Gasteiger partial charge in [-0.1, -0.05) is 0 Å². The Morgan fingerprint density at radius 3 is 2.76 bits per heavy atom. The van der Waals surface area contributed by atoms with Crippen molar-refractivity contribution in [2.24, 2.45) is 0 Å². The van der Waals surface area contributed by atoms with Crippen LogP contribution >= 0.6 is 0 Å². The number of piperidine rings is 1. The fourth-order valence-electron chi connectivity index (χ4n) is 4.76. The summed E-state index contributed by atoms with van der Waals surface area (Å²) in [7, 11) is 0. The molecule has 3 heterocycles. The number of likely N-dealkylation sites (tertiary alicyclic amines) is 1. The second-order valence-electron chi connectivity index (χ2n) is 8.00. The second-order valence-corrected chi connectivity index (χ2v) is 8.00. The molecule has 0 unspecified atom stereocenters. The standard InChI is InChI=1S/C22H31FN4O2/c1-2-29-22(28)25-14-21-19(15-26-11-3-4-12-26)18-13-16(23)5-6-20(18)27(21)17-7-9-24-10-8-17/h5-6,13,17,24H,2-4,7-12,14-15H2,1H3,(H,25,28). The molecule has 2 saturated heterocycles. The van der Waals surface area contributed by atoms with Gasteiger partial charge in [-0.05, 0) is 82.5 Å². The molecule has 0 bridgehead atoms. The predicted octanol–water partition coefficient (Wildman–Crippen LogP) is 3.55. The first-order valence-electron chi connectivity index (χ1n) is 10.8. The Labute approximate surface area is 171 Å². The normalized spacial score (nSPS) is 18.4. The third kappa shape index (κ3) is 4.41. The number of rotatable bonds is 6. The average molecular weight is 403 g/mol. The highest BCUT2D eigenvalue weighted by Gasteiger charge is 2.26. The van der Waals surface area contributed by atoms with Crippen molar-refractivity contribution in [1.29, 1.82) is 0 Å². The van der Waals surface area contributed by atoms with Crippen LogP contribution in [0.5, 0.6) is 0 Å². The Bertz CT molecular complexity index is 854. The number of carbonyl (C=O) groups excluding carboxylic acids is 1. The summed E-state index contributed by atoms with van der Waals surface area (Å²) in [4.78, 5) is 14.4. The summed E-state index contributed by atoms with van der Waals surface area (Å²) < 4.78 is 21.6. The van der Waals surface area contributed by atoms with Gasteiger partial charge in [-0.15, -0.1) is 0 Å². The van der Waals surface area contributed by atoms with E-state index in [0.29, 0.717) is 19.2 Å². The van der Waals surface area contributed by atoms with Crippen LogP contribution < -0.4 is 10.6 Å². The van der Waals surface area contributed by atoms with Gasteiger partial charge in [0.1, 0.15) is 5.82 Å². The Morgan fingerprint density at radius 1 is 1.28 bits per heavy atom. The molecule has 2 aromatic rings. The minimum atomic E-state index is -0.409. The Balaban J connectivity index is 1.77. The van der Waals surface area contributed by atoms with Gasteiger partial charge in [0.15, 0.2) is 0 Å². The average Bonchev–Trinajstić information content (AvgIpc) is 3.34. The van der Waals surface area contributed by atoms with Gasteiger partial charge in [0.05, 0.1) is 13.2 Å². The molecule has 2 fully saturated rings. The number of nitrogens with one attached hydrogen (secondary N) is 2. The molecule has 0 saturated carbocycles. The second kappa shape index (κ2) is 9.13. The lowest BCUT2D eigenvalue weighted by Gasteiger charge is -2.28. The molecule has 1 aromatic carbocycles. The Kier molecular flexibility index (Phi) is 6.35. The summed E-state index contributed by atoms with van der Waals surface area (Å²) in [5.41, 5.74) is 3.28. The van der Waals surface area contributed by atoms with Crippen molar-refractivity contribution in [2.45, 2.75) is 51.7 Å². The van der Waals surface area contributed by atoms with Crippen molar-refractivity contribution >= 4 is 17.0 Å². The molecule has 0 aliphatic carbocycles. The smallest absolute Gasteiger partial charge is 0.407 e. The maximum Gasteiger partial charge on any atom is 0.407 e. The fraction of sp³-hybridized carbons (Fsp3) is 0.591. The number of nitrogens with zero attached hydrogens (tertiary/aromatic N) is 2. The van der Waals surface area contributed by atoms with E-state index in [4.69, 9.17) is 4.74 Å². The largest absolute Gasteiger partial charge is 0.450 e.